The third-order valence-electron chi connectivity index (χ3n) is 3.44. The lowest BCUT2D eigenvalue weighted by Crippen LogP contribution is -2.33. The zero-order valence-electron chi connectivity index (χ0n) is 12.5. The van der Waals surface area contributed by atoms with Crippen LogP contribution >= 0.6 is 22.9 Å². The Bertz CT molecular complexity index is 843. The molecule has 1 unspecified atom stereocenters. The van der Waals surface area contributed by atoms with Crippen molar-refractivity contribution in [1.82, 2.24) is 10.7 Å². The van der Waals surface area contributed by atoms with Crippen LogP contribution in [0.25, 0.3) is 0 Å². The Morgan fingerprint density at radius 2 is 2.00 bits per heavy atom. The Hall–Kier alpha value is -2.32. The standard InChI is InChI=1S/C16H11ClF3N3OS/c17-13-7-10(8-25-13)15(24)21-14-6-5-12(22-23-14)9-1-3-11(4-2-9)16(18,19)20/h1-8,12,22H,(H,21,23,24). The maximum absolute atomic E-state index is 12.6. The number of rotatable bonds is 2. The number of halogens is 4. The van der Waals surface area contributed by atoms with Gasteiger partial charge in [0.2, 0.25) is 0 Å². The van der Waals surface area contributed by atoms with Crippen molar-refractivity contribution in [2.45, 2.75) is 12.2 Å². The lowest BCUT2D eigenvalue weighted by Gasteiger charge is -2.18. The molecule has 4 nitrogen and oxygen atoms in total. The summed E-state index contributed by atoms with van der Waals surface area (Å²) in [7, 11) is 0. The molecule has 0 aliphatic carbocycles. The summed E-state index contributed by atoms with van der Waals surface area (Å²) < 4.78 is 38.2. The number of nitrogens with one attached hydrogen (secondary N) is 2. The molecule has 9 heteroatoms. The molecule has 0 fully saturated rings. The first kappa shape index (κ1) is 17.5. The Morgan fingerprint density at radius 3 is 2.52 bits per heavy atom. The Kier molecular flexibility index (Phi) is 4.82. The number of thiophene rings is 1. The second-order valence-corrected chi connectivity index (χ2v) is 6.72. The fraction of sp³-hybridized carbons (Fsp3) is 0.125. The van der Waals surface area contributed by atoms with E-state index in [1.54, 1.807) is 23.6 Å². The smallest absolute Gasteiger partial charge is 0.305 e. The van der Waals surface area contributed by atoms with Gasteiger partial charge in [-0.1, -0.05) is 29.8 Å². The number of carbonyl (C=O) groups excluding carboxylic acids is 1. The molecule has 1 amide bonds. The van der Waals surface area contributed by atoms with Crippen LogP contribution in [0.4, 0.5) is 13.2 Å². The van der Waals surface area contributed by atoms with Crippen LogP contribution in [0.5, 0.6) is 0 Å². The molecular weight excluding hydrogens is 375 g/mol. The minimum absolute atomic E-state index is 0.301. The van der Waals surface area contributed by atoms with Gasteiger partial charge in [-0.05, 0) is 29.8 Å². The van der Waals surface area contributed by atoms with Gasteiger partial charge in [0, 0.05) is 5.38 Å². The number of alkyl halides is 3. The van der Waals surface area contributed by atoms with Gasteiger partial charge in [-0.2, -0.15) is 18.3 Å². The minimum atomic E-state index is -4.37. The predicted octanol–water partition coefficient (Wildman–Crippen LogP) is 4.36. The molecule has 1 aromatic heterocycles. The molecule has 3 rings (SSSR count). The molecule has 1 aliphatic rings. The molecule has 2 N–H and O–H groups in total. The summed E-state index contributed by atoms with van der Waals surface area (Å²) in [6.07, 6.45) is -1.08. The number of amides is 1. The van der Waals surface area contributed by atoms with Gasteiger partial charge in [-0.3, -0.25) is 10.2 Å². The average Bonchev–Trinajstić information content (AvgIpc) is 3.02. The van der Waals surface area contributed by atoms with E-state index in [1.165, 1.54) is 23.5 Å². The highest BCUT2D eigenvalue weighted by atomic mass is 35.5. The highest BCUT2D eigenvalue weighted by Crippen LogP contribution is 2.30. The average molecular weight is 386 g/mol. The summed E-state index contributed by atoms with van der Waals surface area (Å²) in [5.41, 5.74) is 3.14. The summed E-state index contributed by atoms with van der Waals surface area (Å²) in [5, 5.41) is 8.27. The molecule has 1 aromatic carbocycles. The third-order valence-corrected chi connectivity index (χ3v) is 4.53. The van der Waals surface area contributed by atoms with E-state index in [1.807, 2.05) is 0 Å². The molecule has 1 atom stereocenters. The van der Waals surface area contributed by atoms with Crippen molar-refractivity contribution in [3.05, 3.63) is 68.9 Å². The van der Waals surface area contributed by atoms with Gasteiger partial charge in [0.25, 0.3) is 5.91 Å². The van der Waals surface area contributed by atoms with Crippen LogP contribution in [-0.2, 0) is 6.18 Å². The SMILES string of the molecule is O=C(NC1=NNC(c2ccc(C(F)(F)F)cc2)C=C1)c1csc(Cl)c1. The summed E-state index contributed by atoms with van der Waals surface area (Å²) in [6.45, 7) is 0. The summed E-state index contributed by atoms with van der Waals surface area (Å²) in [5.74, 6) is -0.0446. The van der Waals surface area contributed by atoms with Crippen molar-refractivity contribution in [3.63, 3.8) is 0 Å². The molecule has 130 valence electrons. The summed E-state index contributed by atoms with van der Waals surface area (Å²) in [6, 6.07) is 5.98. The molecule has 0 spiro atoms. The normalized spacial score (nSPS) is 17.0. The lowest BCUT2D eigenvalue weighted by atomic mass is 10.0. The van der Waals surface area contributed by atoms with E-state index in [2.05, 4.69) is 15.8 Å². The van der Waals surface area contributed by atoms with Crippen molar-refractivity contribution in [2.24, 2.45) is 5.10 Å². The molecule has 25 heavy (non-hydrogen) atoms. The third kappa shape index (κ3) is 4.21. The summed E-state index contributed by atoms with van der Waals surface area (Å²) >= 11 is 7.03. The van der Waals surface area contributed by atoms with Crippen LogP contribution in [0.3, 0.4) is 0 Å². The molecule has 1 aliphatic heterocycles. The van der Waals surface area contributed by atoms with Crippen molar-refractivity contribution in [3.8, 4) is 0 Å². The van der Waals surface area contributed by atoms with E-state index in [0.717, 1.165) is 12.1 Å². The topological polar surface area (TPSA) is 53.5 Å². The van der Waals surface area contributed by atoms with E-state index in [-0.39, 0.29) is 11.9 Å². The van der Waals surface area contributed by atoms with E-state index >= 15 is 0 Å². The van der Waals surface area contributed by atoms with E-state index < -0.39 is 11.7 Å². The van der Waals surface area contributed by atoms with Crippen molar-refractivity contribution in [2.75, 3.05) is 0 Å². The van der Waals surface area contributed by atoms with Crippen LogP contribution < -0.4 is 10.7 Å². The zero-order chi connectivity index (χ0) is 18.0. The first-order chi connectivity index (χ1) is 11.8. The van der Waals surface area contributed by atoms with Gasteiger partial charge >= 0.3 is 6.18 Å². The first-order valence-electron chi connectivity index (χ1n) is 7.07. The molecule has 0 saturated heterocycles. The molecule has 0 saturated carbocycles. The quantitative estimate of drug-likeness (QED) is 0.806. The Labute approximate surface area is 150 Å². The second kappa shape index (κ2) is 6.89. The number of hydrazone groups is 1. The van der Waals surface area contributed by atoms with Gasteiger partial charge in [0.05, 0.1) is 21.5 Å². The van der Waals surface area contributed by atoms with E-state index in [0.29, 0.717) is 21.3 Å². The lowest BCUT2D eigenvalue weighted by molar-refractivity contribution is -0.137. The number of hydrogen-bond acceptors (Lipinski definition) is 4. The van der Waals surface area contributed by atoms with Crippen LogP contribution in [-0.4, -0.2) is 11.7 Å². The number of amidine groups is 1. The number of hydrogen-bond donors (Lipinski definition) is 2. The van der Waals surface area contributed by atoms with Crippen molar-refractivity contribution < 1.29 is 18.0 Å². The van der Waals surface area contributed by atoms with Crippen molar-refractivity contribution in [1.29, 1.82) is 0 Å². The molecule has 2 heterocycles. The maximum Gasteiger partial charge on any atom is 0.416 e. The van der Waals surface area contributed by atoms with E-state index in [4.69, 9.17) is 11.6 Å². The highest BCUT2D eigenvalue weighted by molar-refractivity contribution is 7.14. The van der Waals surface area contributed by atoms with Crippen LogP contribution in [0.15, 0.2) is 53.0 Å². The first-order valence-corrected chi connectivity index (χ1v) is 8.32. The fourth-order valence-corrected chi connectivity index (χ4v) is 3.02. The van der Waals surface area contributed by atoms with Crippen molar-refractivity contribution >= 4 is 34.7 Å². The summed E-state index contributed by atoms with van der Waals surface area (Å²) in [4.78, 5) is 12.0. The van der Waals surface area contributed by atoms with Gasteiger partial charge < -0.3 is 5.32 Å². The number of carbonyl (C=O) groups is 1. The molecule has 0 bridgehead atoms. The largest absolute Gasteiger partial charge is 0.416 e. The van der Waals surface area contributed by atoms with E-state index in [9.17, 15) is 18.0 Å². The Morgan fingerprint density at radius 1 is 1.28 bits per heavy atom. The van der Waals surface area contributed by atoms with Gasteiger partial charge in [-0.15, -0.1) is 11.3 Å². The van der Waals surface area contributed by atoms with Crippen LogP contribution in [0.1, 0.15) is 27.5 Å². The van der Waals surface area contributed by atoms with Crippen LogP contribution in [0, 0.1) is 0 Å². The highest BCUT2D eigenvalue weighted by Gasteiger charge is 2.30. The number of benzene rings is 1. The van der Waals surface area contributed by atoms with Gasteiger partial charge in [0.15, 0.2) is 5.84 Å². The molecular formula is C16H11ClF3N3OS. The van der Waals surface area contributed by atoms with Gasteiger partial charge in [-0.25, -0.2) is 0 Å². The number of nitrogens with zero attached hydrogens (tertiary/aromatic N) is 1. The monoisotopic (exact) mass is 385 g/mol. The fourth-order valence-electron chi connectivity index (χ4n) is 2.16. The minimum Gasteiger partial charge on any atom is -0.305 e. The Balaban J connectivity index is 1.63. The predicted molar refractivity (Wildman–Crippen MR) is 90.7 cm³/mol. The molecule has 0 radical (unpaired) electrons. The molecule has 2 aromatic rings. The van der Waals surface area contributed by atoms with Crippen LogP contribution in [0.2, 0.25) is 4.34 Å². The zero-order valence-corrected chi connectivity index (χ0v) is 14.0. The maximum atomic E-state index is 12.6. The second-order valence-electron chi connectivity index (χ2n) is 5.18. The van der Waals surface area contributed by atoms with Gasteiger partial charge in [0.1, 0.15) is 0 Å².